The Kier molecular flexibility index (Phi) is 6.36. The van der Waals surface area contributed by atoms with Crippen LogP contribution in [0.4, 0.5) is 5.69 Å². The molecule has 1 N–H and O–H groups in total. The topological polar surface area (TPSA) is 97.0 Å². The molecule has 2 aromatic carbocycles. The van der Waals surface area contributed by atoms with Crippen LogP contribution in [0.2, 0.25) is 0 Å². The Balaban J connectivity index is 1.72. The van der Waals surface area contributed by atoms with E-state index in [1.54, 1.807) is 44.2 Å². The number of ether oxygens (including phenoxy) is 1. The van der Waals surface area contributed by atoms with Gasteiger partial charge in [-0.1, -0.05) is 42.0 Å². The number of benzene rings is 2. The smallest absolute Gasteiger partial charge is 0.310 e. The molecule has 4 rings (SSSR count). The Morgan fingerprint density at radius 1 is 1.09 bits per heavy atom. The van der Waals surface area contributed by atoms with E-state index < -0.39 is 23.5 Å². The van der Waals surface area contributed by atoms with E-state index in [0.29, 0.717) is 11.3 Å². The normalized spacial score (nSPS) is 15.8. The molecule has 0 saturated carbocycles. The lowest BCUT2D eigenvalue weighted by molar-refractivity contribution is -0.146. The monoisotopic (exact) mass is 459 g/mol. The van der Waals surface area contributed by atoms with Gasteiger partial charge in [0.25, 0.3) is 5.91 Å². The van der Waals surface area contributed by atoms with Crippen LogP contribution in [0.5, 0.6) is 0 Å². The van der Waals surface area contributed by atoms with Crippen LogP contribution in [0.3, 0.4) is 0 Å². The second kappa shape index (κ2) is 9.39. The molecule has 7 nitrogen and oxygen atoms in total. The van der Waals surface area contributed by atoms with E-state index in [2.05, 4.69) is 0 Å². The number of anilines is 1. The van der Waals surface area contributed by atoms with E-state index in [1.165, 1.54) is 17.2 Å². The molecule has 34 heavy (non-hydrogen) atoms. The first-order valence-electron chi connectivity index (χ1n) is 11.0. The van der Waals surface area contributed by atoms with Crippen molar-refractivity contribution >= 4 is 23.3 Å². The van der Waals surface area contributed by atoms with E-state index >= 15 is 0 Å². The summed E-state index contributed by atoms with van der Waals surface area (Å²) in [6, 6.07) is 16.5. The second-order valence-corrected chi connectivity index (χ2v) is 8.44. The van der Waals surface area contributed by atoms with Gasteiger partial charge in [-0.05, 0) is 56.2 Å². The number of aliphatic hydroxyl groups excluding tert-OH is 1. The molecular formula is C27H25NO6. The van der Waals surface area contributed by atoms with Gasteiger partial charge in [-0.2, -0.15) is 0 Å². The van der Waals surface area contributed by atoms with Crippen LogP contribution in [0.15, 0.2) is 82.7 Å². The highest BCUT2D eigenvalue weighted by Crippen LogP contribution is 2.42. The molecule has 1 unspecified atom stereocenters. The summed E-state index contributed by atoms with van der Waals surface area (Å²) in [5.41, 5.74) is 2.77. The van der Waals surface area contributed by atoms with E-state index in [9.17, 15) is 19.5 Å². The number of amides is 1. The number of rotatable bonds is 7. The molecule has 1 atom stereocenters. The van der Waals surface area contributed by atoms with Crippen molar-refractivity contribution in [2.45, 2.75) is 39.3 Å². The number of nitrogens with zero attached hydrogens (tertiary/aromatic N) is 1. The van der Waals surface area contributed by atoms with Crippen LogP contribution in [0.1, 0.15) is 47.1 Å². The van der Waals surface area contributed by atoms with Gasteiger partial charge in [-0.25, -0.2) is 0 Å². The lowest BCUT2D eigenvalue weighted by Gasteiger charge is -2.27. The summed E-state index contributed by atoms with van der Waals surface area (Å²) in [5, 5.41) is 10.8. The van der Waals surface area contributed by atoms with Gasteiger partial charge in [0.2, 0.25) is 5.78 Å². The van der Waals surface area contributed by atoms with Gasteiger partial charge >= 0.3 is 5.97 Å². The molecule has 0 saturated heterocycles. The molecule has 7 heteroatoms. The van der Waals surface area contributed by atoms with Gasteiger partial charge in [0, 0.05) is 5.69 Å². The minimum atomic E-state index is -0.846. The molecule has 0 bridgehead atoms. The lowest BCUT2D eigenvalue weighted by Crippen LogP contribution is -2.31. The predicted octanol–water partition coefficient (Wildman–Crippen LogP) is 4.87. The van der Waals surface area contributed by atoms with Crippen molar-refractivity contribution in [3.05, 3.63) is 101 Å². The van der Waals surface area contributed by atoms with Crippen LogP contribution < -0.4 is 4.90 Å². The highest BCUT2D eigenvalue weighted by molar-refractivity contribution is 6.20. The summed E-state index contributed by atoms with van der Waals surface area (Å²) in [4.78, 5) is 39.8. The third-order valence-corrected chi connectivity index (χ3v) is 5.49. The summed E-state index contributed by atoms with van der Waals surface area (Å²) in [5.74, 6) is -2.17. The van der Waals surface area contributed by atoms with Gasteiger partial charge in [0.05, 0.1) is 30.4 Å². The van der Waals surface area contributed by atoms with Crippen LogP contribution >= 0.6 is 0 Å². The Morgan fingerprint density at radius 2 is 1.82 bits per heavy atom. The Hall–Kier alpha value is -4.13. The Bertz CT molecular complexity index is 1250. The molecule has 0 fully saturated rings. The van der Waals surface area contributed by atoms with Crippen molar-refractivity contribution < 1.29 is 28.6 Å². The van der Waals surface area contributed by atoms with Crippen molar-refractivity contribution in [3.8, 4) is 0 Å². The van der Waals surface area contributed by atoms with Crippen molar-refractivity contribution in [1.82, 2.24) is 0 Å². The van der Waals surface area contributed by atoms with E-state index in [-0.39, 0.29) is 29.8 Å². The average Bonchev–Trinajstić information content (AvgIpc) is 3.41. The largest absolute Gasteiger partial charge is 0.503 e. The van der Waals surface area contributed by atoms with E-state index in [0.717, 1.165) is 11.1 Å². The molecular weight excluding hydrogens is 434 g/mol. The first-order chi connectivity index (χ1) is 16.3. The molecule has 0 aliphatic carbocycles. The Labute approximate surface area is 197 Å². The van der Waals surface area contributed by atoms with E-state index in [4.69, 9.17) is 9.15 Å². The van der Waals surface area contributed by atoms with Gasteiger partial charge in [-0.15, -0.1) is 0 Å². The van der Waals surface area contributed by atoms with Gasteiger partial charge < -0.3 is 14.3 Å². The first-order valence-corrected chi connectivity index (χ1v) is 11.0. The minimum Gasteiger partial charge on any atom is -0.503 e. The molecule has 3 aromatic rings. The summed E-state index contributed by atoms with van der Waals surface area (Å²) < 4.78 is 10.4. The number of Topliss-reactive ketones (excluding diaryl/α,β-unsaturated/α-hetero) is 1. The van der Waals surface area contributed by atoms with Crippen molar-refractivity contribution in [2.75, 3.05) is 4.90 Å². The van der Waals surface area contributed by atoms with E-state index in [1.807, 2.05) is 31.2 Å². The minimum absolute atomic E-state index is 0.0351. The summed E-state index contributed by atoms with van der Waals surface area (Å²) in [6.07, 6.45) is 1.26. The number of aryl methyl sites for hydroxylation is 1. The van der Waals surface area contributed by atoms with Crippen LogP contribution in [-0.4, -0.2) is 28.9 Å². The second-order valence-electron chi connectivity index (χ2n) is 8.44. The number of esters is 1. The lowest BCUT2D eigenvalue weighted by atomic mass is 9.94. The zero-order valence-corrected chi connectivity index (χ0v) is 19.1. The third kappa shape index (κ3) is 4.50. The first kappa shape index (κ1) is 23.0. The number of carbonyl (C=O) groups excluding carboxylic acids is 3. The fourth-order valence-corrected chi connectivity index (χ4v) is 4.05. The standard InChI is InChI=1S/C27H25NO6/c1-16(2)34-22(29)15-18-9-11-20(12-10-18)28-24(19-7-4-6-17(3)14-19)23(26(31)27(28)32)25(30)21-8-5-13-33-21/h4-14,16,24,31H,15H2,1-3H3. The fourth-order valence-electron chi connectivity index (χ4n) is 4.05. The quantitative estimate of drug-likeness (QED) is 0.400. The van der Waals surface area contributed by atoms with Crippen molar-refractivity contribution in [2.24, 2.45) is 0 Å². The Morgan fingerprint density at radius 3 is 2.44 bits per heavy atom. The number of aliphatic hydroxyl groups is 1. The van der Waals surface area contributed by atoms with Gasteiger partial charge in [0.1, 0.15) is 0 Å². The van der Waals surface area contributed by atoms with Crippen LogP contribution in [0.25, 0.3) is 0 Å². The van der Waals surface area contributed by atoms with Crippen molar-refractivity contribution in [1.29, 1.82) is 0 Å². The van der Waals surface area contributed by atoms with Crippen molar-refractivity contribution in [3.63, 3.8) is 0 Å². The fraction of sp³-hybridized carbons (Fsp3) is 0.222. The number of carbonyl (C=O) groups is 3. The summed E-state index contributed by atoms with van der Waals surface area (Å²) >= 11 is 0. The number of ketones is 1. The summed E-state index contributed by atoms with van der Waals surface area (Å²) in [6.45, 7) is 5.48. The SMILES string of the molecule is Cc1cccc(C2C(C(=O)c3ccco3)=C(O)C(=O)N2c2ccc(CC(=O)OC(C)C)cc2)c1. The maximum absolute atomic E-state index is 13.2. The molecule has 174 valence electrons. The zero-order valence-electron chi connectivity index (χ0n) is 19.1. The van der Waals surface area contributed by atoms with Gasteiger partial charge in [-0.3, -0.25) is 19.3 Å². The predicted molar refractivity (Wildman–Crippen MR) is 125 cm³/mol. The maximum atomic E-state index is 13.2. The number of furan rings is 1. The van der Waals surface area contributed by atoms with Crippen LogP contribution in [0, 0.1) is 6.92 Å². The third-order valence-electron chi connectivity index (χ3n) is 5.49. The average molecular weight is 459 g/mol. The molecule has 1 amide bonds. The molecule has 0 radical (unpaired) electrons. The van der Waals surface area contributed by atoms with Gasteiger partial charge in [0.15, 0.2) is 11.5 Å². The highest BCUT2D eigenvalue weighted by Gasteiger charge is 2.45. The maximum Gasteiger partial charge on any atom is 0.310 e. The number of hydrogen-bond donors (Lipinski definition) is 1. The molecule has 1 aromatic heterocycles. The molecule has 0 spiro atoms. The molecule has 2 heterocycles. The molecule has 1 aliphatic heterocycles. The summed E-state index contributed by atoms with van der Waals surface area (Å²) in [7, 11) is 0. The highest BCUT2D eigenvalue weighted by atomic mass is 16.5. The van der Waals surface area contributed by atoms with Crippen LogP contribution in [-0.2, 0) is 20.7 Å². The number of hydrogen-bond acceptors (Lipinski definition) is 6. The molecule has 1 aliphatic rings. The zero-order chi connectivity index (χ0) is 24.4.